The van der Waals surface area contributed by atoms with E-state index in [1.54, 1.807) is 0 Å². The van der Waals surface area contributed by atoms with Gasteiger partial charge in [0, 0.05) is 6.42 Å². The third-order valence-electron chi connectivity index (χ3n) is 6.23. The van der Waals surface area contributed by atoms with E-state index in [1.165, 1.54) is 50.5 Å². The van der Waals surface area contributed by atoms with E-state index in [9.17, 15) is 13.2 Å². The SMILES string of the molecule is CCCC[C@H]1CC[C@H](C2=CCC(OCC(F)(F)F)(c3ccccc3)C=C2)CC1. The summed E-state index contributed by atoms with van der Waals surface area (Å²) in [5, 5.41) is 0. The molecule has 1 aromatic carbocycles. The molecule has 154 valence electrons. The van der Waals surface area contributed by atoms with Crippen LogP contribution in [0.4, 0.5) is 13.2 Å². The summed E-state index contributed by atoms with van der Waals surface area (Å²) in [5.74, 6) is 1.38. The molecular formula is C24H31F3O. The molecule has 0 aliphatic heterocycles. The standard InChI is InChI=1S/C24H31F3O/c1-2-3-7-19-10-12-20(13-11-19)21-14-16-23(17-15-21,28-18-24(25,26)27)22-8-5-4-6-9-22/h4-6,8-9,14-16,19-20H,2-3,7,10-13,17-18H2,1H3/t19-,20-,23?. The molecule has 0 saturated heterocycles. The van der Waals surface area contributed by atoms with Gasteiger partial charge < -0.3 is 4.74 Å². The Kier molecular flexibility index (Phi) is 7.03. The summed E-state index contributed by atoms with van der Waals surface area (Å²) in [5.41, 5.74) is 1.02. The van der Waals surface area contributed by atoms with E-state index in [0.717, 1.165) is 11.5 Å². The number of unbranched alkanes of at least 4 members (excludes halogenated alkanes) is 1. The number of rotatable bonds is 7. The van der Waals surface area contributed by atoms with Crippen molar-refractivity contribution in [2.24, 2.45) is 11.8 Å². The largest absolute Gasteiger partial charge is 0.411 e. The van der Waals surface area contributed by atoms with Gasteiger partial charge in [0.05, 0.1) is 0 Å². The molecule has 1 unspecified atom stereocenters. The van der Waals surface area contributed by atoms with Crippen molar-refractivity contribution in [2.45, 2.75) is 70.1 Å². The lowest BCUT2D eigenvalue weighted by molar-refractivity contribution is -0.199. The highest BCUT2D eigenvalue weighted by Crippen LogP contribution is 2.42. The third kappa shape index (κ3) is 5.50. The van der Waals surface area contributed by atoms with Crippen molar-refractivity contribution < 1.29 is 17.9 Å². The van der Waals surface area contributed by atoms with E-state index in [4.69, 9.17) is 4.74 Å². The van der Waals surface area contributed by atoms with E-state index in [0.29, 0.717) is 12.3 Å². The van der Waals surface area contributed by atoms with Crippen LogP contribution in [-0.4, -0.2) is 12.8 Å². The van der Waals surface area contributed by atoms with Crippen LogP contribution in [0.1, 0.15) is 63.9 Å². The van der Waals surface area contributed by atoms with Gasteiger partial charge in [0.1, 0.15) is 12.2 Å². The number of benzene rings is 1. The van der Waals surface area contributed by atoms with Crippen molar-refractivity contribution in [1.29, 1.82) is 0 Å². The number of halogens is 3. The molecule has 28 heavy (non-hydrogen) atoms. The molecule has 2 aliphatic rings. The molecule has 0 N–H and O–H groups in total. The molecule has 1 nitrogen and oxygen atoms in total. The van der Waals surface area contributed by atoms with Crippen LogP contribution >= 0.6 is 0 Å². The van der Waals surface area contributed by atoms with Crippen molar-refractivity contribution in [2.75, 3.05) is 6.61 Å². The van der Waals surface area contributed by atoms with Crippen LogP contribution in [0.25, 0.3) is 0 Å². The van der Waals surface area contributed by atoms with Crippen molar-refractivity contribution in [3.05, 3.63) is 59.7 Å². The van der Waals surface area contributed by atoms with Gasteiger partial charge in [-0.3, -0.25) is 0 Å². The van der Waals surface area contributed by atoms with Gasteiger partial charge in [0.15, 0.2) is 0 Å². The first-order valence-electron chi connectivity index (χ1n) is 10.6. The van der Waals surface area contributed by atoms with E-state index in [1.807, 2.05) is 42.5 Å². The molecule has 0 bridgehead atoms. The third-order valence-corrected chi connectivity index (χ3v) is 6.23. The van der Waals surface area contributed by atoms with Crippen LogP contribution in [0.15, 0.2) is 54.1 Å². The average Bonchev–Trinajstić information content (AvgIpc) is 2.72. The minimum absolute atomic E-state index is 0.453. The Labute approximate surface area is 166 Å². The second kappa shape index (κ2) is 9.30. The van der Waals surface area contributed by atoms with Gasteiger partial charge in [0.2, 0.25) is 0 Å². The van der Waals surface area contributed by atoms with Gasteiger partial charge in [0.25, 0.3) is 0 Å². The minimum Gasteiger partial charge on any atom is -0.356 e. The topological polar surface area (TPSA) is 9.23 Å². The molecule has 3 rings (SSSR count). The molecule has 0 amide bonds. The fraction of sp³-hybridized carbons (Fsp3) is 0.583. The minimum atomic E-state index is -4.34. The number of hydrogen-bond acceptors (Lipinski definition) is 1. The number of alkyl halides is 3. The summed E-state index contributed by atoms with van der Waals surface area (Å²) >= 11 is 0. The lowest BCUT2D eigenvalue weighted by atomic mass is 9.74. The van der Waals surface area contributed by atoms with Crippen LogP contribution in [-0.2, 0) is 10.3 Å². The fourth-order valence-electron chi connectivity index (χ4n) is 4.55. The van der Waals surface area contributed by atoms with Gasteiger partial charge in [-0.1, -0.05) is 68.7 Å². The van der Waals surface area contributed by atoms with E-state index >= 15 is 0 Å². The van der Waals surface area contributed by atoms with Gasteiger partial charge in [-0.15, -0.1) is 0 Å². The van der Waals surface area contributed by atoms with Gasteiger partial charge in [-0.2, -0.15) is 13.2 Å². The molecule has 1 saturated carbocycles. The van der Waals surface area contributed by atoms with E-state index in [2.05, 4.69) is 13.0 Å². The molecule has 0 radical (unpaired) electrons. The van der Waals surface area contributed by atoms with Crippen LogP contribution in [0.5, 0.6) is 0 Å². The van der Waals surface area contributed by atoms with Crippen molar-refractivity contribution >= 4 is 0 Å². The Morgan fingerprint density at radius 1 is 1.07 bits per heavy atom. The molecule has 2 aliphatic carbocycles. The maximum atomic E-state index is 12.8. The average molecular weight is 393 g/mol. The maximum absolute atomic E-state index is 12.8. The lowest BCUT2D eigenvalue weighted by Crippen LogP contribution is -2.33. The first-order valence-corrected chi connectivity index (χ1v) is 10.6. The van der Waals surface area contributed by atoms with Gasteiger partial charge in [-0.25, -0.2) is 0 Å². The summed E-state index contributed by atoms with van der Waals surface area (Å²) in [6, 6.07) is 9.25. The summed E-state index contributed by atoms with van der Waals surface area (Å²) < 4.78 is 43.9. The Morgan fingerprint density at radius 2 is 1.79 bits per heavy atom. The first-order chi connectivity index (χ1) is 13.4. The molecule has 1 aromatic rings. The number of hydrogen-bond donors (Lipinski definition) is 0. The van der Waals surface area contributed by atoms with Crippen molar-refractivity contribution in [1.82, 2.24) is 0 Å². The Morgan fingerprint density at radius 3 is 2.36 bits per heavy atom. The zero-order valence-electron chi connectivity index (χ0n) is 16.7. The molecule has 4 heteroatoms. The number of allylic oxidation sites excluding steroid dienone is 2. The first kappa shape index (κ1) is 21.2. The van der Waals surface area contributed by atoms with E-state index in [-0.39, 0.29) is 0 Å². The highest BCUT2D eigenvalue weighted by atomic mass is 19.4. The normalized spacial score (nSPS) is 28.2. The molecule has 1 fully saturated rings. The van der Waals surface area contributed by atoms with E-state index < -0.39 is 18.4 Å². The maximum Gasteiger partial charge on any atom is 0.411 e. The van der Waals surface area contributed by atoms with Crippen LogP contribution in [0, 0.1) is 11.8 Å². The second-order valence-corrected chi connectivity index (χ2v) is 8.26. The fourth-order valence-corrected chi connectivity index (χ4v) is 4.55. The lowest BCUT2D eigenvalue weighted by Gasteiger charge is -2.36. The molecular weight excluding hydrogens is 361 g/mol. The van der Waals surface area contributed by atoms with Crippen LogP contribution < -0.4 is 0 Å². The molecule has 0 aromatic heterocycles. The summed E-state index contributed by atoms with van der Waals surface area (Å²) in [6.07, 6.45) is 10.9. The van der Waals surface area contributed by atoms with Crippen molar-refractivity contribution in [3.8, 4) is 0 Å². The number of ether oxygens (including phenoxy) is 1. The molecule has 1 atom stereocenters. The molecule has 0 spiro atoms. The quantitative estimate of drug-likeness (QED) is 0.471. The molecule has 0 heterocycles. The zero-order valence-corrected chi connectivity index (χ0v) is 16.7. The smallest absolute Gasteiger partial charge is 0.356 e. The highest BCUT2D eigenvalue weighted by molar-refractivity contribution is 5.37. The van der Waals surface area contributed by atoms with Crippen LogP contribution in [0.3, 0.4) is 0 Å². The monoisotopic (exact) mass is 392 g/mol. The summed E-state index contributed by atoms with van der Waals surface area (Å²) in [7, 11) is 0. The van der Waals surface area contributed by atoms with Gasteiger partial charge >= 0.3 is 6.18 Å². The Bertz CT molecular complexity index is 669. The predicted molar refractivity (Wildman–Crippen MR) is 107 cm³/mol. The highest BCUT2D eigenvalue weighted by Gasteiger charge is 2.38. The second-order valence-electron chi connectivity index (χ2n) is 8.26. The zero-order chi connectivity index (χ0) is 20.0. The Balaban J connectivity index is 1.67. The van der Waals surface area contributed by atoms with Crippen molar-refractivity contribution in [3.63, 3.8) is 0 Å². The summed E-state index contributed by atoms with van der Waals surface area (Å²) in [6.45, 7) is 1.00. The predicted octanol–water partition coefficient (Wildman–Crippen LogP) is 7.34. The summed E-state index contributed by atoms with van der Waals surface area (Å²) in [4.78, 5) is 0. The Hall–Kier alpha value is -1.55. The van der Waals surface area contributed by atoms with Gasteiger partial charge in [-0.05, 0) is 54.7 Å². The van der Waals surface area contributed by atoms with Crippen LogP contribution in [0.2, 0.25) is 0 Å².